The fraction of sp³-hybridized carbons (Fsp3) is 0.308. The number of imidazole rings is 1. The Kier molecular flexibility index (Phi) is 8.56. The molecule has 0 aliphatic rings. The lowest BCUT2D eigenvalue weighted by atomic mass is 10.2. The van der Waals surface area contributed by atoms with Gasteiger partial charge in [-0.2, -0.15) is 20.2 Å². The number of azo groups is 1. The van der Waals surface area contributed by atoms with Crippen LogP contribution in [0.3, 0.4) is 0 Å². The van der Waals surface area contributed by atoms with E-state index in [-0.39, 0.29) is 11.9 Å². The van der Waals surface area contributed by atoms with Gasteiger partial charge < -0.3 is 31.6 Å². The van der Waals surface area contributed by atoms with Crippen LogP contribution in [0.4, 0.5) is 34.5 Å². The molecule has 2 heterocycles. The number of hydrogen-bond acceptors (Lipinski definition) is 10. The van der Waals surface area contributed by atoms with E-state index < -0.39 is 0 Å². The first kappa shape index (κ1) is 26.6. The number of amides is 1. The third-order valence-electron chi connectivity index (χ3n) is 5.57. The number of nitrogens with zero attached hydrogens (tertiary/aromatic N) is 6. The molecule has 4 rings (SSSR count). The molecule has 0 saturated heterocycles. The first-order chi connectivity index (χ1) is 18.4. The fourth-order valence-electron chi connectivity index (χ4n) is 3.78. The molecule has 0 bridgehead atoms. The lowest BCUT2D eigenvalue weighted by Gasteiger charge is -2.14. The van der Waals surface area contributed by atoms with E-state index in [9.17, 15) is 4.79 Å². The standard InChI is InChI=1S/C26H33N11O/c1-16(2)37-15-30-23-24(29-12-11-27)33-26(34-25(23)37)32-22-13-20(9-10-21(22)31-17(3)38)36-35-19-7-5-18(6-8-19)14-28-4/h5-10,13,15-16,28H,11-12,14,27H2,1-4H3,(H,31,38)(H2,29,32,33,34). The highest BCUT2D eigenvalue weighted by atomic mass is 16.1. The predicted octanol–water partition coefficient (Wildman–Crippen LogP) is 4.61. The number of fused-ring (bicyclic) bond motifs is 1. The maximum atomic E-state index is 11.9. The molecule has 0 radical (unpaired) electrons. The molecule has 0 saturated carbocycles. The first-order valence-electron chi connectivity index (χ1n) is 12.4. The van der Waals surface area contributed by atoms with Gasteiger partial charge in [0.1, 0.15) is 0 Å². The normalized spacial score (nSPS) is 11.4. The van der Waals surface area contributed by atoms with Crippen LogP contribution >= 0.6 is 0 Å². The number of rotatable bonds is 11. The number of nitrogens with one attached hydrogen (secondary N) is 4. The second kappa shape index (κ2) is 12.2. The summed E-state index contributed by atoms with van der Waals surface area (Å²) in [6.07, 6.45) is 1.75. The Bertz CT molecular complexity index is 1430. The smallest absolute Gasteiger partial charge is 0.231 e. The predicted molar refractivity (Wildman–Crippen MR) is 151 cm³/mol. The topological polar surface area (TPSA) is 160 Å². The van der Waals surface area contributed by atoms with Crippen LogP contribution in [0.5, 0.6) is 0 Å². The summed E-state index contributed by atoms with van der Waals surface area (Å²) in [5, 5.41) is 21.2. The summed E-state index contributed by atoms with van der Waals surface area (Å²) in [6.45, 7) is 7.32. The van der Waals surface area contributed by atoms with Crippen LogP contribution in [0, 0.1) is 0 Å². The Morgan fingerprint density at radius 1 is 1.05 bits per heavy atom. The number of nitrogens with two attached hydrogens (primary N) is 1. The number of hydrogen-bond donors (Lipinski definition) is 5. The molecule has 0 aliphatic heterocycles. The molecule has 0 spiro atoms. The lowest BCUT2D eigenvalue weighted by Crippen LogP contribution is -2.15. The van der Waals surface area contributed by atoms with Gasteiger partial charge in [0.15, 0.2) is 17.0 Å². The Morgan fingerprint density at radius 3 is 2.47 bits per heavy atom. The Labute approximate surface area is 221 Å². The summed E-state index contributed by atoms with van der Waals surface area (Å²) in [5.41, 5.74) is 10.7. The minimum absolute atomic E-state index is 0.149. The number of aromatic nitrogens is 4. The van der Waals surface area contributed by atoms with Crippen molar-refractivity contribution in [1.29, 1.82) is 0 Å². The van der Waals surface area contributed by atoms with E-state index in [4.69, 9.17) is 10.7 Å². The van der Waals surface area contributed by atoms with Crippen molar-refractivity contribution in [3.63, 3.8) is 0 Å². The molecule has 12 heteroatoms. The van der Waals surface area contributed by atoms with Gasteiger partial charge >= 0.3 is 0 Å². The number of carbonyl (C=O) groups is 1. The Hall–Kier alpha value is -4.42. The van der Waals surface area contributed by atoms with Crippen molar-refractivity contribution in [2.24, 2.45) is 16.0 Å². The number of carbonyl (C=O) groups excluding carboxylic acids is 1. The highest BCUT2D eigenvalue weighted by Gasteiger charge is 2.16. The minimum Gasteiger partial charge on any atom is -0.367 e. The zero-order chi connectivity index (χ0) is 27.1. The third kappa shape index (κ3) is 6.47. The zero-order valence-electron chi connectivity index (χ0n) is 22.0. The van der Waals surface area contributed by atoms with Crippen molar-refractivity contribution in [2.45, 2.75) is 33.4 Å². The summed E-state index contributed by atoms with van der Waals surface area (Å²) in [5.74, 6) is 0.699. The van der Waals surface area contributed by atoms with Gasteiger partial charge in [0.25, 0.3) is 0 Å². The van der Waals surface area contributed by atoms with Gasteiger partial charge in [0, 0.05) is 32.6 Å². The van der Waals surface area contributed by atoms with Crippen molar-refractivity contribution >= 4 is 51.6 Å². The average Bonchev–Trinajstić information content (AvgIpc) is 3.33. The monoisotopic (exact) mass is 515 g/mol. The maximum absolute atomic E-state index is 11.9. The molecule has 38 heavy (non-hydrogen) atoms. The van der Waals surface area contributed by atoms with Crippen LogP contribution < -0.4 is 27.0 Å². The summed E-state index contributed by atoms with van der Waals surface area (Å²) in [7, 11) is 1.91. The van der Waals surface area contributed by atoms with Crippen molar-refractivity contribution in [2.75, 3.05) is 36.1 Å². The first-order valence-corrected chi connectivity index (χ1v) is 12.4. The summed E-state index contributed by atoms with van der Waals surface area (Å²) in [6, 6.07) is 13.3. The molecule has 0 fully saturated rings. The van der Waals surface area contributed by atoms with Crippen LogP contribution in [0.1, 0.15) is 32.4 Å². The van der Waals surface area contributed by atoms with E-state index >= 15 is 0 Å². The molecular formula is C26H33N11O. The van der Waals surface area contributed by atoms with Crippen LogP contribution in [-0.2, 0) is 11.3 Å². The molecule has 2 aromatic heterocycles. The van der Waals surface area contributed by atoms with Gasteiger partial charge in [-0.25, -0.2) is 4.98 Å². The van der Waals surface area contributed by atoms with Gasteiger partial charge in [0.05, 0.1) is 29.1 Å². The van der Waals surface area contributed by atoms with Gasteiger partial charge in [-0.3, -0.25) is 4.79 Å². The number of benzene rings is 2. The molecular weight excluding hydrogens is 482 g/mol. The summed E-state index contributed by atoms with van der Waals surface area (Å²) >= 11 is 0. The van der Waals surface area contributed by atoms with Crippen molar-refractivity contribution < 1.29 is 4.79 Å². The Morgan fingerprint density at radius 2 is 1.79 bits per heavy atom. The third-order valence-corrected chi connectivity index (χ3v) is 5.57. The van der Waals surface area contributed by atoms with Crippen molar-refractivity contribution in [1.82, 2.24) is 24.8 Å². The second-order valence-electron chi connectivity index (χ2n) is 8.96. The zero-order valence-corrected chi connectivity index (χ0v) is 22.0. The van der Waals surface area contributed by atoms with Crippen LogP contribution in [0.2, 0.25) is 0 Å². The molecule has 2 aromatic carbocycles. The van der Waals surface area contributed by atoms with Gasteiger partial charge in [-0.15, -0.1) is 0 Å². The van der Waals surface area contributed by atoms with E-state index in [0.29, 0.717) is 53.1 Å². The van der Waals surface area contributed by atoms with Gasteiger partial charge in [-0.1, -0.05) is 12.1 Å². The van der Waals surface area contributed by atoms with Gasteiger partial charge in [0.2, 0.25) is 11.9 Å². The fourth-order valence-corrected chi connectivity index (χ4v) is 3.78. The number of anilines is 4. The van der Waals surface area contributed by atoms with Gasteiger partial charge in [-0.05, 0) is 56.8 Å². The van der Waals surface area contributed by atoms with E-state index in [0.717, 1.165) is 17.8 Å². The van der Waals surface area contributed by atoms with Crippen LogP contribution in [0.25, 0.3) is 11.2 Å². The summed E-state index contributed by atoms with van der Waals surface area (Å²) < 4.78 is 1.97. The lowest BCUT2D eigenvalue weighted by molar-refractivity contribution is -0.114. The van der Waals surface area contributed by atoms with E-state index in [1.807, 2.05) is 35.9 Å². The molecule has 1 amide bonds. The largest absolute Gasteiger partial charge is 0.367 e. The summed E-state index contributed by atoms with van der Waals surface area (Å²) in [4.78, 5) is 25.7. The molecule has 12 nitrogen and oxygen atoms in total. The van der Waals surface area contributed by atoms with Crippen LogP contribution in [0.15, 0.2) is 59.0 Å². The van der Waals surface area contributed by atoms with Crippen molar-refractivity contribution in [3.8, 4) is 0 Å². The maximum Gasteiger partial charge on any atom is 0.231 e. The van der Waals surface area contributed by atoms with E-state index in [1.54, 1.807) is 24.5 Å². The molecule has 6 N–H and O–H groups in total. The second-order valence-corrected chi connectivity index (χ2v) is 8.96. The molecule has 0 aliphatic carbocycles. The quantitative estimate of drug-likeness (QED) is 0.181. The van der Waals surface area contributed by atoms with E-state index in [2.05, 4.69) is 55.3 Å². The SMILES string of the molecule is CNCc1ccc(N=Nc2ccc(NC(C)=O)c(Nc3nc(NCCN)c4ncn(C(C)C)c4n3)c2)cc1. The highest BCUT2D eigenvalue weighted by molar-refractivity contribution is 5.94. The van der Waals surface area contributed by atoms with Crippen molar-refractivity contribution in [3.05, 3.63) is 54.4 Å². The van der Waals surface area contributed by atoms with E-state index in [1.165, 1.54) is 6.92 Å². The van der Waals surface area contributed by atoms with Crippen LogP contribution in [-0.4, -0.2) is 45.6 Å². The Balaban J connectivity index is 1.68. The molecule has 198 valence electrons. The average molecular weight is 516 g/mol. The highest BCUT2D eigenvalue weighted by Crippen LogP contribution is 2.32. The molecule has 4 aromatic rings. The molecule has 0 unspecified atom stereocenters. The molecule has 0 atom stereocenters. The minimum atomic E-state index is -0.205.